The second-order valence-corrected chi connectivity index (χ2v) is 5.89. The average Bonchev–Trinajstić information content (AvgIpc) is 2.46. The summed E-state index contributed by atoms with van der Waals surface area (Å²) in [5.74, 6) is 0.329. The molecule has 106 valence electrons. The highest BCUT2D eigenvalue weighted by Gasteiger charge is 2.16. The molecule has 2 aromatic carbocycles. The van der Waals surface area contributed by atoms with E-state index < -0.39 is 0 Å². The number of phenols is 1. The molecule has 0 fully saturated rings. The van der Waals surface area contributed by atoms with Crippen LogP contribution in [-0.2, 0) is 13.0 Å². The zero-order valence-corrected chi connectivity index (χ0v) is 12.3. The maximum Gasteiger partial charge on any atom is 0.115 e. The van der Waals surface area contributed by atoms with E-state index in [0.29, 0.717) is 5.75 Å². The van der Waals surface area contributed by atoms with Gasteiger partial charge in [0.1, 0.15) is 5.75 Å². The average molecular weight is 269 g/mol. The van der Waals surface area contributed by atoms with Crippen LogP contribution in [0.25, 0.3) is 0 Å². The third-order valence-corrected chi connectivity index (χ3v) is 3.59. The number of hydrogen-bond donors (Lipinski definition) is 2. The highest BCUT2D eigenvalue weighted by Crippen LogP contribution is 2.16. The second kappa shape index (κ2) is 6.58. The van der Waals surface area contributed by atoms with Gasteiger partial charge in [-0.3, -0.25) is 0 Å². The summed E-state index contributed by atoms with van der Waals surface area (Å²) in [5.41, 5.74) is 2.66. The van der Waals surface area contributed by atoms with Crippen molar-refractivity contribution in [1.82, 2.24) is 5.32 Å². The Kier molecular flexibility index (Phi) is 4.80. The number of hydrogen-bond acceptors (Lipinski definition) is 2. The van der Waals surface area contributed by atoms with Gasteiger partial charge in [0.25, 0.3) is 0 Å². The lowest BCUT2D eigenvalue weighted by molar-refractivity contribution is 0.360. The van der Waals surface area contributed by atoms with Crippen LogP contribution in [0.4, 0.5) is 0 Å². The first kappa shape index (κ1) is 14.6. The lowest BCUT2D eigenvalue weighted by Crippen LogP contribution is -2.39. The summed E-state index contributed by atoms with van der Waals surface area (Å²) in [6, 6.07) is 17.9. The Bertz CT molecular complexity index is 517. The van der Waals surface area contributed by atoms with Crippen LogP contribution >= 0.6 is 0 Å². The molecule has 0 aromatic heterocycles. The van der Waals surface area contributed by atoms with Crippen molar-refractivity contribution in [2.45, 2.75) is 38.8 Å². The van der Waals surface area contributed by atoms with Crippen LogP contribution in [0.1, 0.15) is 31.4 Å². The summed E-state index contributed by atoms with van der Waals surface area (Å²) in [5, 5.41) is 12.9. The molecule has 0 atom stereocenters. The Hall–Kier alpha value is -1.80. The molecule has 0 bridgehead atoms. The molecule has 0 saturated carbocycles. The summed E-state index contributed by atoms with van der Waals surface area (Å²) >= 11 is 0. The summed E-state index contributed by atoms with van der Waals surface area (Å²) in [7, 11) is 0. The Balaban J connectivity index is 1.83. The van der Waals surface area contributed by atoms with Crippen molar-refractivity contribution >= 4 is 0 Å². The van der Waals surface area contributed by atoms with Crippen molar-refractivity contribution in [2.24, 2.45) is 0 Å². The number of aryl methyl sites for hydroxylation is 1. The fourth-order valence-corrected chi connectivity index (χ4v) is 2.15. The molecular weight excluding hydrogens is 246 g/mol. The molecule has 0 saturated heterocycles. The molecular formula is C18H23NO. The van der Waals surface area contributed by atoms with Gasteiger partial charge < -0.3 is 10.4 Å². The molecule has 2 heteroatoms. The standard InChI is InChI=1S/C18H23NO/c1-18(2,19-14-16-6-4-3-5-7-16)13-12-15-8-10-17(20)11-9-15/h3-11,19-20H,12-14H2,1-2H3. The number of benzene rings is 2. The van der Waals surface area contributed by atoms with Gasteiger partial charge in [-0.1, -0.05) is 42.5 Å². The fraction of sp³-hybridized carbons (Fsp3) is 0.333. The van der Waals surface area contributed by atoms with Gasteiger partial charge in [-0.2, -0.15) is 0 Å². The topological polar surface area (TPSA) is 32.3 Å². The van der Waals surface area contributed by atoms with Crippen LogP contribution in [0.15, 0.2) is 54.6 Å². The van der Waals surface area contributed by atoms with E-state index in [0.717, 1.165) is 19.4 Å². The molecule has 20 heavy (non-hydrogen) atoms. The van der Waals surface area contributed by atoms with Crippen molar-refractivity contribution < 1.29 is 5.11 Å². The van der Waals surface area contributed by atoms with Gasteiger partial charge in [0.15, 0.2) is 0 Å². The van der Waals surface area contributed by atoms with Crippen molar-refractivity contribution in [2.75, 3.05) is 0 Å². The molecule has 0 unspecified atom stereocenters. The molecule has 2 rings (SSSR count). The zero-order chi connectivity index (χ0) is 14.4. The number of nitrogens with one attached hydrogen (secondary N) is 1. The number of aromatic hydroxyl groups is 1. The first-order valence-corrected chi connectivity index (χ1v) is 7.12. The minimum absolute atomic E-state index is 0.0910. The largest absolute Gasteiger partial charge is 0.508 e. The Morgan fingerprint density at radius 3 is 2.20 bits per heavy atom. The maximum atomic E-state index is 9.28. The fourth-order valence-electron chi connectivity index (χ4n) is 2.15. The van der Waals surface area contributed by atoms with Crippen LogP contribution in [0.5, 0.6) is 5.75 Å². The smallest absolute Gasteiger partial charge is 0.115 e. The third-order valence-electron chi connectivity index (χ3n) is 3.59. The highest BCUT2D eigenvalue weighted by molar-refractivity contribution is 5.26. The zero-order valence-electron chi connectivity index (χ0n) is 12.3. The molecule has 2 aromatic rings. The van der Waals surface area contributed by atoms with Gasteiger partial charge in [-0.05, 0) is 49.9 Å². The SMILES string of the molecule is CC(C)(CCc1ccc(O)cc1)NCc1ccccc1. The normalized spacial score (nSPS) is 11.5. The van der Waals surface area contributed by atoms with Gasteiger partial charge >= 0.3 is 0 Å². The van der Waals surface area contributed by atoms with Crippen molar-refractivity contribution in [1.29, 1.82) is 0 Å². The Labute approximate surface area is 121 Å². The predicted molar refractivity (Wildman–Crippen MR) is 83.8 cm³/mol. The van der Waals surface area contributed by atoms with Gasteiger partial charge in [-0.25, -0.2) is 0 Å². The van der Waals surface area contributed by atoms with Gasteiger partial charge in [0, 0.05) is 12.1 Å². The molecule has 0 aliphatic carbocycles. The van der Waals surface area contributed by atoms with E-state index in [1.165, 1.54) is 11.1 Å². The first-order valence-electron chi connectivity index (χ1n) is 7.12. The predicted octanol–water partition coefficient (Wildman–Crippen LogP) is 3.89. The van der Waals surface area contributed by atoms with Crippen LogP contribution in [-0.4, -0.2) is 10.6 Å². The number of rotatable bonds is 6. The molecule has 2 N–H and O–H groups in total. The molecule has 0 aliphatic rings. The molecule has 2 nitrogen and oxygen atoms in total. The summed E-state index contributed by atoms with van der Waals surface area (Å²) in [6.07, 6.45) is 2.07. The van der Waals surface area contributed by atoms with Gasteiger partial charge in [0.2, 0.25) is 0 Å². The van der Waals surface area contributed by atoms with E-state index in [9.17, 15) is 5.11 Å². The Morgan fingerprint density at radius 2 is 1.55 bits per heavy atom. The Morgan fingerprint density at radius 1 is 0.900 bits per heavy atom. The van der Waals surface area contributed by atoms with Crippen molar-refractivity contribution in [3.05, 3.63) is 65.7 Å². The van der Waals surface area contributed by atoms with E-state index in [1.54, 1.807) is 12.1 Å². The van der Waals surface area contributed by atoms with Crippen LogP contribution < -0.4 is 5.32 Å². The molecule has 0 amide bonds. The third kappa shape index (κ3) is 4.71. The monoisotopic (exact) mass is 269 g/mol. The first-order chi connectivity index (χ1) is 9.55. The quantitative estimate of drug-likeness (QED) is 0.833. The minimum atomic E-state index is 0.0910. The van der Waals surface area contributed by atoms with Crippen LogP contribution in [0.3, 0.4) is 0 Å². The minimum Gasteiger partial charge on any atom is -0.508 e. The maximum absolute atomic E-state index is 9.28. The van der Waals surface area contributed by atoms with E-state index in [1.807, 2.05) is 18.2 Å². The van der Waals surface area contributed by atoms with E-state index in [-0.39, 0.29) is 5.54 Å². The van der Waals surface area contributed by atoms with Crippen LogP contribution in [0.2, 0.25) is 0 Å². The van der Waals surface area contributed by atoms with Crippen LogP contribution in [0, 0.1) is 0 Å². The summed E-state index contributed by atoms with van der Waals surface area (Å²) < 4.78 is 0. The highest BCUT2D eigenvalue weighted by atomic mass is 16.3. The van der Waals surface area contributed by atoms with E-state index >= 15 is 0 Å². The van der Waals surface area contributed by atoms with E-state index in [2.05, 4.69) is 43.4 Å². The van der Waals surface area contributed by atoms with Gasteiger partial charge in [0.05, 0.1) is 0 Å². The lowest BCUT2D eigenvalue weighted by Gasteiger charge is -2.26. The lowest BCUT2D eigenvalue weighted by atomic mass is 9.95. The molecule has 0 aliphatic heterocycles. The summed E-state index contributed by atoms with van der Waals surface area (Å²) in [6.45, 7) is 5.36. The van der Waals surface area contributed by atoms with E-state index in [4.69, 9.17) is 0 Å². The molecule has 0 radical (unpaired) electrons. The molecule has 0 heterocycles. The molecule has 0 spiro atoms. The van der Waals surface area contributed by atoms with Gasteiger partial charge in [-0.15, -0.1) is 0 Å². The van der Waals surface area contributed by atoms with Crippen molar-refractivity contribution in [3.63, 3.8) is 0 Å². The van der Waals surface area contributed by atoms with Crippen molar-refractivity contribution in [3.8, 4) is 5.75 Å². The summed E-state index contributed by atoms with van der Waals surface area (Å²) in [4.78, 5) is 0. The second-order valence-electron chi connectivity index (χ2n) is 5.89. The number of phenolic OH excluding ortho intramolecular Hbond substituents is 1.